The van der Waals surface area contributed by atoms with Crippen molar-refractivity contribution in [2.24, 2.45) is 0 Å². The quantitative estimate of drug-likeness (QED) is 0.528. The van der Waals surface area contributed by atoms with E-state index in [0.717, 1.165) is 49.2 Å². The highest BCUT2D eigenvalue weighted by molar-refractivity contribution is 6.34. The van der Waals surface area contributed by atoms with Crippen LogP contribution in [0, 0.1) is 11.6 Å². The number of fused-ring (bicyclic) bond motifs is 1. The molecule has 5 rings (SSSR count). The van der Waals surface area contributed by atoms with Gasteiger partial charge in [-0.3, -0.25) is 0 Å². The number of rotatable bonds is 5. The molecule has 0 radical (unpaired) electrons. The van der Waals surface area contributed by atoms with Gasteiger partial charge in [0.2, 0.25) is 5.88 Å². The van der Waals surface area contributed by atoms with Gasteiger partial charge >= 0.3 is 0 Å². The first-order valence-electron chi connectivity index (χ1n) is 10.7. The van der Waals surface area contributed by atoms with Crippen LogP contribution in [0.25, 0.3) is 6.08 Å². The van der Waals surface area contributed by atoms with Gasteiger partial charge in [0.05, 0.1) is 0 Å². The minimum Gasteiger partial charge on any atom is -0.434 e. The second kappa shape index (κ2) is 8.96. The number of nitrogens with zero attached hydrogens (tertiary/aromatic N) is 3. The molecule has 33 heavy (non-hydrogen) atoms. The van der Waals surface area contributed by atoms with Gasteiger partial charge in [-0.05, 0) is 37.6 Å². The molecule has 2 N–H and O–H groups in total. The van der Waals surface area contributed by atoms with Crippen molar-refractivity contribution in [1.82, 2.24) is 15.3 Å². The number of halogens is 3. The molecular formula is C24H22ClF2N5O. The minimum atomic E-state index is -0.643. The topological polar surface area (TPSA) is 62.3 Å². The number of anilines is 3. The number of hydrogen-bond acceptors (Lipinski definition) is 6. The Hall–Kier alpha value is -3.23. The maximum atomic E-state index is 14.9. The number of aromatic nitrogens is 2. The second-order valence-electron chi connectivity index (χ2n) is 8.08. The van der Waals surface area contributed by atoms with E-state index in [1.165, 1.54) is 6.33 Å². The summed E-state index contributed by atoms with van der Waals surface area (Å²) in [5.41, 5.74) is 3.33. The average molecular weight is 470 g/mol. The Morgan fingerprint density at radius 1 is 1.12 bits per heavy atom. The van der Waals surface area contributed by atoms with E-state index in [4.69, 9.17) is 16.3 Å². The molecule has 0 saturated carbocycles. The average Bonchev–Trinajstić information content (AvgIpc) is 3.23. The predicted molar refractivity (Wildman–Crippen MR) is 126 cm³/mol. The van der Waals surface area contributed by atoms with Crippen LogP contribution in [0.5, 0.6) is 11.6 Å². The first kappa shape index (κ1) is 21.6. The lowest BCUT2D eigenvalue weighted by Gasteiger charge is -2.29. The van der Waals surface area contributed by atoms with Crippen molar-refractivity contribution in [3.8, 4) is 11.6 Å². The van der Waals surface area contributed by atoms with E-state index < -0.39 is 11.6 Å². The van der Waals surface area contributed by atoms with Crippen molar-refractivity contribution in [2.45, 2.75) is 13.3 Å². The number of allylic oxidation sites excluding steroid dienone is 1. The molecule has 6 nitrogen and oxygen atoms in total. The van der Waals surface area contributed by atoms with Crippen molar-refractivity contribution in [1.29, 1.82) is 0 Å². The van der Waals surface area contributed by atoms with Gasteiger partial charge in [-0.2, -0.15) is 4.98 Å². The molecule has 0 spiro atoms. The highest BCUT2D eigenvalue weighted by Gasteiger charge is 2.24. The zero-order valence-electron chi connectivity index (χ0n) is 18.0. The number of nitrogens with one attached hydrogen (secondary N) is 2. The Balaban J connectivity index is 1.36. The molecule has 0 bridgehead atoms. The maximum Gasteiger partial charge on any atom is 0.243 e. The molecule has 170 valence electrons. The van der Waals surface area contributed by atoms with Gasteiger partial charge in [0.1, 0.15) is 17.2 Å². The van der Waals surface area contributed by atoms with Crippen molar-refractivity contribution in [3.05, 3.63) is 70.0 Å². The molecule has 0 atom stereocenters. The van der Waals surface area contributed by atoms with Gasteiger partial charge in [-0.15, -0.1) is 0 Å². The van der Waals surface area contributed by atoms with Crippen LogP contribution in [0.2, 0.25) is 5.02 Å². The third kappa shape index (κ3) is 4.36. The SMILES string of the molecule is CC1=Cc2c(F)c(Oc3ncnc(Nc4ccc(N5CCNCC5)cc4)c3Cl)cc(F)c2C1. The van der Waals surface area contributed by atoms with E-state index in [1.807, 2.05) is 31.2 Å². The summed E-state index contributed by atoms with van der Waals surface area (Å²) in [6.07, 6.45) is 3.26. The third-order valence-electron chi connectivity index (χ3n) is 5.75. The highest BCUT2D eigenvalue weighted by Crippen LogP contribution is 2.38. The molecule has 9 heteroatoms. The lowest BCUT2D eigenvalue weighted by Crippen LogP contribution is -2.43. The molecule has 3 aromatic rings. The zero-order chi connectivity index (χ0) is 22.9. The minimum absolute atomic E-state index is 0.0655. The van der Waals surface area contributed by atoms with Crippen LogP contribution in [0.15, 0.2) is 42.2 Å². The van der Waals surface area contributed by atoms with Gasteiger partial charge < -0.3 is 20.3 Å². The summed E-state index contributed by atoms with van der Waals surface area (Å²) in [6, 6.07) is 8.94. The molecule has 1 aliphatic heterocycles. The molecule has 1 aromatic heterocycles. The molecule has 2 aromatic carbocycles. The van der Waals surface area contributed by atoms with Crippen molar-refractivity contribution >= 4 is 34.9 Å². The fourth-order valence-corrected chi connectivity index (χ4v) is 4.25. The molecule has 0 unspecified atom stereocenters. The summed E-state index contributed by atoms with van der Waals surface area (Å²) >= 11 is 6.44. The van der Waals surface area contributed by atoms with Crippen LogP contribution >= 0.6 is 11.6 Å². The molecule has 0 amide bonds. The van der Waals surface area contributed by atoms with Crippen LogP contribution in [0.3, 0.4) is 0 Å². The van der Waals surface area contributed by atoms with E-state index >= 15 is 0 Å². The largest absolute Gasteiger partial charge is 0.434 e. The summed E-state index contributed by atoms with van der Waals surface area (Å²) in [4.78, 5) is 10.5. The van der Waals surface area contributed by atoms with E-state index in [2.05, 4.69) is 25.5 Å². The predicted octanol–water partition coefficient (Wildman–Crippen LogP) is 5.31. The van der Waals surface area contributed by atoms with E-state index in [1.54, 1.807) is 6.08 Å². The molecule has 2 aliphatic rings. The van der Waals surface area contributed by atoms with Crippen LogP contribution in [0.1, 0.15) is 18.1 Å². The Kier molecular flexibility index (Phi) is 5.86. The summed E-state index contributed by atoms with van der Waals surface area (Å²) < 4.78 is 35.0. The van der Waals surface area contributed by atoms with Gasteiger partial charge in [-0.1, -0.05) is 23.3 Å². The normalized spacial score (nSPS) is 15.3. The van der Waals surface area contributed by atoms with Crippen LogP contribution < -0.4 is 20.3 Å². The number of piperazine rings is 1. The van der Waals surface area contributed by atoms with Crippen molar-refractivity contribution in [2.75, 3.05) is 36.4 Å². The van der Waals surface area contributed by atoms with Crippen LogP contribution in [-0.4, -0.2) is 36.1 Å². The maximum absolute atomic E-state index is 14.9. The number of hydrogen-bond donors (Lipinski definition) is 2. The summed E-state index contributed by atoms with van der Waals surface area (Å²) in [5, 5.41) is 6.53. The molecule has 1 aliphatic carbocycles. The summed E-state index contributed by atoms with van der Waals surface area (Å²) in [6.45, 7) is 5.67. The fraction of sp³-hybridized carbons (Fsp3) is 0.250. The summed E-state index contributed by atoms with van der Waals surface area (Å²) in [7, 11) is 0. The summed E-state index contributed by atoms with van der Waals surface area (Å²) in [5.74, 6) is -1.21. The third-order valence-corrected chi connectivity index (χ3v) is 6.09. The van der Waals surface area contributed by atoms with Gasteiger partial charge in [0.15, 0.2) is 17.4 Å². The highest BCUT2D eigenvalue weighted by atomic mass is 35.5. The monoisotopic (exact) mass is 469 g/mol. The smallest absolute Gasteiger partial charge is 0.243 e. The van der Waals surface area contributed by atoms with E-state index in [9.17, 15) is 8.78 Å². The van der Waals surface area contributed by atoms with Crippen molar-refractivity contribution in [3.63, 3.8) is 0 Å². The van der Waals surface area contributed by atoms with Gasteiger partial charge in [-0.25, -0.2) is 13.8 Å². The molecule has 1 saturated heterocycles. The molecular weight excluding hydrogens is 448 g/mol. The first-order chi connectivity index (χ1) is 16.0. The Morgan fingerprint density at radius 3 is 2.64 bits per heavy atom. The van der Waals surface area contributed by atoms with E-state index in [0.29, 0.717) is 17.8 Å². The van der Waals surface area contributed by atoms with Gasteiger partial charge in [0, 0.05) is 54.7 Å². The Bertz CT molecular complexity index is 1230. The van der Waals surface area contributed by atoms with Gasteiger partial charge in [0.25, 0.3) is 0 Å². The van der Waals surface area contributed by atoms with Crippen molar-refractivity contribution < 1.29 is 13.5 Å². The number of benzene rings is 2. The number of ether oxygens (including phenoxy) is 1. The second-order valence-corrected chi connectivity index (χ2v) is 8.46. The van der Waals surface area contributed by atoms with Crippen LogP contribution in [0.4, 0.5) is 26.0 Å². The first-order valence-corrected chi connectivity index (χ1v) is 11.1. The van der Waals surface area contributed by atoms with E-state index in [-0.39, 0.29) is 22.2 Å². The lowest BCUT2D eigenvalue weighted by molar-refractivity contribution is 0.420. The lowest BCUT2D eigenvalue weighted by atomic mass is 10.1. The molecule has 1 fully saturated rings. The molecule has 2 heterocycles. The van der Waals surface area contributed by atoms with Crippen LogP contribution in [-0.2, 0) is 6.42 Å². The standard InChI is InChI=1S/C24H22ClF2N5O/c1-14-10-17-18(11-14)22(27)20(12-19(17)26)33-24-21(25)23(29-13-30-24)31-15-2-4-16(5-3-15)32-8-6-28-7-9-32/h2-5,11-13,28H,6-10H2,1H3,(H,29,30,31). The Morgan fingerprint density at radius 2 is 1.88 bits per heavy atom. The Labute approximate surface area is 195 Å². The fourth-order valence-electron chi connectivity index (χ4n) is 4.07. The zero-order valence-corrected chi connectivity index (χ0v) is 18.7.